The van der Waals surface area contributed by atoms with Crippen molar-refractivity contribution in [2.24, 2.45) is 0 Å². The van der Waals surface area contributed by atoms with E-state index >= 15 is 0 Å². The summed E-state index contributed by atoms with van der Waals surface area (Å²) in [4.78, 5) is 12.7. The van der Waals surface area contributed by atoms with Gasteiger partial charge in [-0.05, 0) is 69.5 Å². The molecule has 3 rings (SSSR count). The minimum Gasteiger partial charge on any atom is -0.349 e. The molecule has 1 aliphatic rings. The third-order valence-corrected chi connectivity index (χ3v) is 5.17. The predicted octanol–water partition coefficient (Wildman–Crippen LogP) is 4.12. The van der Waals surface area contributed by atoms with Crippen LogP contribution in [0, 0.1) is 13.8 Å². The van der Waals surface area contributed by atoms with Crippen LogP contribution < -0.4 is 10.6 Å². The van der Waals surface area contributed by atoms with E-state index in [4.69, 9.17) is 0 Å². The van der Waals surface area contributed by atoms with E-state index in [1.807, 2.05) is 13.0 Å². The number of carbonyl (C=O) groups excluding carboxylic acids is 1. The zero-order valence-electron chi connectivity index (χ0n) is 16.1. The van der Waals surface area contributed by atoms with Gasteiger partial charge in [0.1, 0.15) is 0 Å². The fourth-order valence-corrected chi connectivity index (χ4v) is 3.63. The maximum atomic E-state index is 12.7. The van der Waals surface area contributed by atoms with Crippen molar-refractivity contribution in [3.05, 3.63) is 52.8 Å². The maximum absolute atomic E-state index is 12.7. The van der Waals surface area contributed by atoms with E-state index in [9.17, 15) is 4.79 Å². The van der Waals surface area contributed by atoms with E-state index in [2.05, 4.69) is 60.2 Å². The van der Waals surface area contributed by atoms with Crippen LogP contribution in [0.3, 0.4) is 0 Å². The summed E-state index contributed by atoms with van der Waals surface area (Å²) in [5.74, 6) is 0.567. The Morgan fingerprint density at radius 2 is 1.77 bits per heavy atom. The van der Waals surface area contributed by atoms with Gasteiger partial charge in [0.05, 0.1) is 5.56 Å². The Kier molecular flexibility index (Phi) is 6.90. The Morgan fingerprint density at radius 3 is 2.35 bits per heavy atom. The highest BCUT2D eigenvalue weighted by molar-refractivity contribution is 5.96. The highest BCUT2D eigenvalue weighted by Crippen LogP contribution is 2.23. The minimum absolute atomic E-state index is 0. The third kappa shape index (κ3) is 4.30. The number of hydrogen-bond donors (Lipinski definition) is 2. The van der Waals surface area contributed by atoms with Crippen LogP contribution in [0.15, 0.2) is 30.3 Å². The van der Waals surface area contributed by atoms with Crippen molar-refractivity contribution in [1.82, 2.24) is 15.2 Å². The average molecular weight is 376 g/mol. The molecule has 5 heteroatoms. The molecule has 1 aliphatic heterocycles. The number of rotatable bonds is 4. The van der Waals surface area contributed by atoms with Crippen LogP contribution >= 0.6 is 12.4 Å². The molecule has 0 aliphatic carbocycles. The molecule has 0 unspecified atom stereocenters. The molecule has 2 aromatic rings. The van der Waals surface area contributed by atoms with E-state index in [1.54, 1.807) is 0 Å². The second-order valence-electron chi connectivity index (χ2n) is 7.36. The average Bonchev–Trinajstić information content (AvgIpc) is 2.90. The first-order valence-corrected chi connectivity index (χ1v) is 9.28. The zero-order chi connectivity index (χ0) is 18.0. The number of aryl methyl sites for hydroxylation is 1. The summed E-state index contributed by atoms with van der Waals surface area (Å²) in [6.07, 6.45) is 2.00. The lowest BCUT2D eigenvalue weighted by molar-refractivity contribution is 0.0929. The summed E-state index contributed by atoms with van der Waals surface area (Å²) < 4.78 is 2.17. The van der Waals surface area contributed by atoms with Crippen molar-refractivity contribution >= 4 is 18.3 Å². The molecule has 1 aromatic carbocycles. The van der Waals surface area contributed by atoms with Crippen LogP contribution in [0.25, 0.3) is 5.69 Å². The number of nitrogens with one attached hydrogen (secondary N) is 2. The third-order valence-electron chi connectivity index (χ3n) is 5.17. The monoisotopic (exact) mass is 375 g/mol. The van der Waals surface area contributed by atoms with Crippen molar-refractivity contribution in [2.45, 2.75) is 52.5 Å². The highest BCUT2D eigenvalue weighted by atomic mass is 35.5. The molecule has 0 atom stereocenters. The molecule has 1 amide bonds. The van der Waals surface area contributed by atoms with Crippen LogP contribution in [-0.4, -0.2) is 29.6 Å². The second-order valence-corrected chi connectivity index (χ2v) is 7.36. The number of halogens is 1. The van der Waals surface area contributed by atoms with Gasteiger partial charge in [-0.15, -0.1) is 12.4 Å². The van der Waals surface area contributed by atoms with Crippen LogP contribution in [0.5, 0.6) is 0 Å². The highest BCUT2D eigenvalue weighted by Gasteiger charge is 2.20. The summed E-state index contributed by atoms with van der Waals surface area (Å²) >= 11 is 0. The smallest absolute Gasteiger partial charge is 0.253 e. The largest absolute Gasteiger partial charge is 0.349 e. The number of aromatic nitrogens is 1. The van der Waals surface area contributed by atoms with Crippen molar-refractivity contribution in [3.8, 4) is 5.69 Å². The fourth-order valence-electron chi connectivity index (χ4n) is 3.63. The van der Waals surface area contributed by atoms with E-state index < -0.39 is 0 Å². The summed E-state index contributed by atoms with van der Waals surface area (Å²) in [6.45, 7) is 10.4. The van der Waals surface area contributed by atoms with Gasteiger partial charge in [-0.3, -0.25) is 4.79 Å². The summed E-state index contributed by atoms with van der Waals surface area (Å²) in [5.41, 5.74) is 5.31. The molecule has 1 saturated heterocycles. The number of piperidine rings is 1. The van der Waals surface area contributed by atoms with Crippen molar-refractivity contribution < 1.29 is 4.79 Å². The fraction of sp³-hybridized carbons (Fsp3) is 0.476. The Balaban J connectivity index is 0.00000243. The molecule has 4 nitrogen and oxygen atoms in total. The second kappa shape index (κ2) is 8.74. The summed E-state index contributed by atoms with van der Waals surface area (Å²) in [6, 6.07) is 10.9. The van der Waals surface area contributed by atoms with E-state index in [0.29, 0.717) is 5.92 Å². The normalized spacial score (nSPS) is 15.0. The van der Waals surface area contributed by atoms with Gasteiger partial charge in [-0.1, -0.05) is 26.0 Å². The van der Waals surface area contributed by atoms with Gasteiger partial charge in [-0.2, -0.15) is 0 Å². The van der Waals surface area contributed by atoms with Gasteiger partial charge < -0.3 is 15.2 Å². The molecule has 0 radical (unpaired) electrons. The molecular formula is C21H30ClN3O. The number of benzene rings is 1. The first-order valence-electron chi connectivity index (χ1n) is 9.28. The zero-order valence-corrected chi connectivity index (χ0v) is 17.0. The van der Waals surface area contributed by atoms with Crippen LogP contribution in [-0.2, 0) is 0 Å². The molecule has 2 heterocycles. The van der Waals surface area contributed by atoms with E-state index in [1.165, 1.54) is 5.56 Å². The van der Waals surface area contributed by atoms with E-state index in [-0.39, 0.29) is 24.4 Å². The number of hydrogen-bond acceptors (Lipinski definition) is 2. The molecule has 2 N–H and O–H groups in total. The molecular weight excluding hydrogens is 346 g/mol. The molecule has 26 heavy (non-hydrogen) atoms. The van der Waals surface area contributed by atoms with Gasteiger partial charge in [-0.25, -0.2) is 0 Å². The standard InChI is InChI=1S/C21H29N3O.ClH/c1-14(2)17-5-7-19(8-6-17)24-15(3)13-20(16(24)4)21(25)23-18-9-11-22-12-10-18;/h5-8,13-14,18,22H,9-12H2,1-4H3,(H,23,25);1H. The van der Waals surface area contributed by atoms with E-state index in [0.717, 1.165) is 48.6 Å². The van der Waals surface area contributed by atoms with Crippen LogP contribution in [0.4, 0.5) is 0 Å². The molecule has 0 spiro atoms. The summed E-state index contributed by atoms with van der Waals surface area (Å²) in [5, 5.41) is 6.53. The Labute approximate surface area is 162 Å². The lowest BCUT2D eigenvalue weighted by Gasteiger charge is -2.23. The molecule has 1 aromatic heterocycles. The molecule has 1 fully saturated rings. The Bertz CT molecular complexity index is 743. The first kappa shape index (κ1) is 20.5. The number of nitrogens with zero attached hydrogens (tertiary/aromatic N) is 1. The van der Waals surface area contributed by atoms with Gasteiger partial charge in [0, 0.05) is 23.1 Å². The maximum Gasteiger partial charge on any atom is 0.253 e. The topological polar surface area (TPSA) is 46.1 Å². The lowest BCUT2D eigenvalue weighted by Crippen LogP contribution is -2.42. The summed E-state index contributed by atoms with van der Waals surface area (Å²) in [7, 11) is 0. The minimum atomic E-state index is 0. The first-order chi connectivity index (χ1) is 12.0. The molecule has 0 saturated carbocycles. The Morgan fingerprint density at radius 1 is 1.15 bits per heavy atom. The molecule has 0 bridgehead atoms. The van der Waals surface area contributed by atoms with Crippen LogP contribution in [0.1, 0.15) is 59.9 Å². The quantitative estimate of drug-likeness (QED) is 0.844. The van der Waals surface area contributed by atoms with Gasteiger partial charge in [0.15, 0.2) is 0 Å². The lowest BCUT2D eigenvalue weighted by atomic mass is 10.0. The number of carbonyl (C=O) groups is 1. The van der Waals surface area contributed by atoms with Gasteiger partial charge in [0.25, 0.3) is 5.91 Å². The number of amides is 1. The van der Waals surface area contributed by atoms with Gasteiger partial charge in [0.2, 0.25) is 0 Å². The van der Waals surface area contributed by atoms with Crippen molar-refractivity contribution in [3.63, 3.8) is 0 Å². The van der Waals surface area contributed by atoms with Gasteiger partial charge >= 0.3 is 0 Å². The van der Waals surface area contributed by atoms with Crippen molar-refractivity contribution in [1.29, 1.82) is 0 Å². The Hall–Kier alpha value is -1.78. The predicted molar refractivity (Wildman–Crippen MR) is 110 cm³/mol. The SMILES string of the molecule is Cc1cc(C(=O)NC2CCNCC2)c(C)n1-c1ccc(C(C)C)cc1.Cl. The van der Waals surface area contributed by atoms with Crippen LogP contribution in [0.2, 0.25) is 0 Å². The molecule has 142 valence electrons. The van der Waals surface area contributed by atoms with Crippen molar-refractivity contribution in [2.75, 3.05) is 13.1 Å².